The first-order chi connectivity index (χ1) is 12.7. The molecule has 0 atom stereocenters. The number of nitrogens with zero attached hydrogens (tertiary/aromatic N) is 2. The van der Waals surface area contributed by atoms with Gasteiger partial charge in [-0.1, -0.05) is 60.1 Å². The van der Waals surface area contributed by atoms with Crippen LogP contribution in [0.5, 0.6) is 11.6 Å². The van der Waals surface area contributed by atoms with E-state index in [1.165, 1.54) is 6.33 Å². The average Bonchev–Trinajstić information content (AvgIpc) is 2.67. The monoisotopic (exact) mass is 362 g/mol. The lowest BCUT2D eigenvalue weighted by Gasteiger charge is -2.13. The molecular formula is C20H15ClN4O. The zero-order chi connectivity index (χ0) is 17.9. The third-order valence-electron chi connectivity index (χ3n) is 3.93. The third-order valence-corrected chi connectivity index (χ3v) is 4.26. The van der Waals surface area contributed by atoms with Crippen molar-refractivity contribution in [2.45, 2.75) is 0 Å². The Morgan fingerprint density at radius 1 is 0.885 bits per heavy atom. The quantitative estimate of drug-likeness (QED) is 0.508. The molecule has 5 nitrogen and oxygen atoms in total. The lowest BCUT2D eigenvalue weighted by molar-refractivity contribution is 0.470. The van der Waals surface area contributed by atoms with Crippen LogP contribution < -0.4 is 15.8 Å². The molecule has 128 valence electrons. The Bertz CT molecular complexity index is 1080. The molecule has 0 spiro atoms. The average molecular weight is 363 g/mol. The lowest BCUT2D eigenvalue weighted by atomic mass is 10.1. The first kappa shape index (κ1) is 16.2. The number of nitrogen functional groups attached to an aromatic ring is 1. The van der Waals surface area contributed by atoms with Crippen molar-refractivity contribution in [2.24, 2.45) is 0 Å². The molecular weight excluding hydrogens is 348 g/mol. The number of anilines is 3. The van der Waals surface area contributed by atoms with E-state index in [1.807, 2.05) is 60.7 Å². The fourth-order valence-corrected chi connectivity index (χ4v) is 2.82. The second-order valence-electron chi connectivity index (χ2n) is 5.63. The van der Waals surface area contributed by atoms with Crippen LogP contribution in [0.1, 0.15) is 0 Å². The molecule has 0 radical (unpaired) electrons. The number of fused-ring (bicyclic) bond motifs is 1. The van der Waals surface area contributed by atoms with E-state index >= 15 is 0 Å². The Hall–Kier alpha value is -3.31. The number of hydrogen-bond donors (Lipinski definition) is 2. The minimum Gasteiger partial charge on any atom is -0.436 e. The van der Waals surface area contributed by atoms with Crippen LogP contribution in [0.3, 0.4) is 0 Å². The summed E-state index contributed by atoms with van der Waals surface area (Å²) in [6, 6.07) is 21.1. The SMILES string of the molecule is Nc1c(Nc2ccccc2Cl)ncnc1Oc1cccc2ccccc12. The molecule has 0 amide bonds. The van der Waals surface area contributed by atoms with Crippen LogP contribution in [-0.4, -0.2) is 9.97 Å². The molecule has 4 aromatic rings. The molecule has 0 saturated heterocycles. The summed E-state index contributed by atoms with van der Waals surface area (Å²) in [6.45, 7) is 0. The first-order valence-corrected chi connectivity index (χ1v) is 8.38. The second-order valence-corrected chi connectivity index (χ2v) is 6.03. The van der Waals surface area contributed by atoms with Gasteiger partial charge in [0.05, 0.1) is 10.7 Å². The van der Waals surface area contributed by atoms with Gasteiger partial charge >= 0.3 is 0 Å². The Labute approximate surface area is 155 Å². The standard InChI is InChI=1S/C20H15ClN4O/c21-15-9-3-4-10-16(15)25-19-18(22)20(24-12-23-19)26-17-11-5-7-13-6-1-2-8-14(13)17/h1-12H,22H2,(H,23,24,25). The van der Waals surface area contributed by atoms with Crippen LogP contribution in [0.15, 0.2) is 73.1 Å². The second kappa shape index (κ2) is 6.90. The van der Waals surface area contributed by atoms with Gasteiger partial charge in [-0.15, -0.1) is 0 Å². The van der Waals surface area contributed by atoms with Crippen molar-refractivity contribution in [1.29, 1.82) is 0 Å². The van der Waals surface area contributed by atoms with E-state index in [1.54, 1.807) is 6.07 Å². The highest BCUT2D eigenvalue weighted by Gasteiger charge is 2.13. The summed E-state index contributed by atoms with van der Waals surface area (Å²) < 4.78 is 5.98. The number of para-hydroxylation sites is 1. The van der Waals surface area contributed by atoms with Gasteiger partial charge in [0.25, 0.3) is 0 Å². The van der Waals surface area contributed by atoms with E-state index in [0.717, 1.165) is 10.8 Å². The predicted molar refractivity (Wildman–Crippen MR) is 105 cm³/mol. The van der Waals surface area contributed by atoms with E-state index in [0.29, 0.717) is 28.0 Å². The molecule has 1 aromatic heterocycles. The smallest absolute Gasteiger partial charge is 0.248 e. The molecule has 3 aromatic carbocycles. The number of rotatable bonds is 4. The van der Waals surface area contributed by atoms with Crippen molar-refractivity contribution in [2.75, 3.05) is 11.1 Å². The molecule has 4 rings (SSSR count). The number of hydrogen-bond acceptors (Lipinski definition) is 5. The van der Waals surface area contributed by atoms with Gasteiger partial charge in [0.1, 0.15) is 17.8 Å². The minimum absolute atomic E-state index is 0.283. The van der Waals surface area contributed by atoms with Gasteiger partial charge in [-0.2, -0.15) is 4.98 Å². The van der Waals surface area contributed by atoms with E-state index in [2.05, 4.69) is 15.3 Å². The number of nitrogens with one attached hydrogen (secondary N) is 1. The number of ether oxygens (including phenoxy) is 1. The van der Waals surface area contributed by atoms with Crippen molar-refractivity contribution >= 4 is 39.6 Å². The van der Waals surface area contributed by atoms with E-state index in [-0.39, 0.29) is 5.88 Å². The Morgan fingerprint density at radius 2 is 1.65 bits per heavy atom. The zero-order valence-electron chi connectivity index (χ0n) is 13.7. The molecule has 0 saturated carbocycles. The van der Waals surface area contributed by atoms with E-state index < -0.39 is 0 Å². The molecule has 3 N–H and O–H groups in total. The normalized spacial score (nSPS) is 10.7. The van der Waals surface area contributed by atoms with Crippen molar-refractivity contribution in [3.63, 3.8) is 0 Å². The number of aromatic nitrogens is 2. The maximum Gasteiger partial charge on any atom is 0.248 e. The predicted octanol–water partition coefficient (Wildman–Crippen LogP) is 5.40. The maximum atomic E-state index is 6.22. The van der Waals surface area contributed by atoms with Crippen LogP contribution in [0, 0.1) is 0 Å². The van der Waals surface area contributed by atoms with Gasteiger partial charge in [0.15, 0.2) is 5.82 Å². The summed E-state index contributed by atoms with van der Waals surface area (Å²) in [5.41, 5.74) is 7.23. The Kier molecular flexibility index (Phi) is 4.29. The summed E-state index contributed by atoms with van der Waals surface area (Å²) >= 11 is 6.18. The topological polar surface area (TPSA) is 73.1 Å². The molecule has 0 unspecified atom stereocenters. The van der Waals surface area contributed by atoms with Crippen LogP contribution in [0.25, 0.3) is 10.8 Å². The highest BCUT2D eigenvalue weighted by Crippen LogP contribution is 2.35. The summed E-state index contributed by atoms with van der Waals surface area (Å²) in [5.74, 6) is 1.39. The largest absolute Gasteiger partial charge is 0.436 e. The van der Waals surface area contributed by atoms with Crippen LogP contribution in [0.2, 0.25) is 5.02 Å². The van der Waals surface area contributed by atoms with Crippen LogP contribution >= 0.6 is 11.6 Å². The zero-order valence-corrected chi connectivity index (χ0v) is 14.4. The van der Waals surface area contributed by atoms with Crippen molar-refractivity contribution in [3.05, 3.63) is 78.1 Å². The number of benzene rings is 3. The molecule has 26 heavy (non-hydrogen) atoms. The van der Waals surface area contributed by atoms with E-state index in [9.17, 15) is 0 Å². The highest BCUT2D eigenvalue weighted by atomic mass is 35.5. The Morgan fingerprint density at radius 3 is 2.54 bits per heavy atom. The van der Waals surface area contributed by atoms with Gasteiger partial charge in [0, 0.05) is 5.39 Å². The lowest BCUT2D eigenvalue weighted by Crippen LogP contribution is -2.03. The summed E-state index contributed by atoms with van der Waals surface area (Å²) in [5, 5.41) is 5.74. The molecule has 1 heterocycles. The number of halogens is 1. The maximum absolute atomic E-state index is 6.22. The molecule has 6 heteroatoms. The van der Waals surface area contributed by atoms with Gasteiger partial charge in [-0.25, -0.2) is 4.98 Å². The summed E-state index contributed by atoms with van der Waals surface area (Å²) in [7, 11) is 0. The Balaban J connectivity index is 1.69. The van der Waals surface area contributed by atoms with E-state index in [4.69, 9.17) is 22.1 Å². The fraction of sp³-hybridized carbons (Fsp3) is 0. The fourth-order valence-electron chi connectivity index (χ4n) is 2.64. The van der Waals surface area contributed by atoms with Gasteiger partial charge in [-0.3, -0.25) is 0 Å². The van der Waals surface area contributed by atoms with Crippen molar-refractivity contribution in [3.8, 4) is 11.6 Å². The highest BCUT2D eigenvalue weighted by molar-refractivity contribution is 6.33. The first-order valence-electron chi connectivity index (χ1n) is 8.00. The molecule has 0 aliphatic heterocycles. The van der Waals surface area contributed by atoms with Crippen molar-refractivity contribution in [1.82, 2.24) is 9.97 Å². The van der Waals surface area contributed by atoms with Gasteiger partial charge in [0.2, 0.25) is 5.88 Å². The summed E-state index contributed by atoms with van der Waals surface area (Å²) in [4.78, 5) is 8.37. The van der Waals surface area contributed by atoms with Gasteiger partial charge in [-0.05, 0) is 23.6 Å². The van der Waals surface area contributed by atoms with Gasteiger partial charge < -0.3 is 15.8 Å². The molecule has 0 fully saturated rings. The molecule has 0 bridgehead atoms. The minimum atomic E-state index is 0.283. The third kappa shape index (κ3) is 3.12. The number of nitrogens with two attached hydrogens (primary N) is 1. The summed E-state index contributed by atoms with van der Waals surface area (Å²) in [6.07, 6.45) is 1.40. The molecule has 0 aliphatic carbocycles. The molecule has 0 aliphatic rings. The van der Waals surface area contributed by atoms with Crippen LogP contribution in [-0.2, 0) is 0 Å². The van der Waals surface area contributed by atoms with Crippen LogP contribution in [0.4, 0.5) is 17.2 Å². The van der Waals surface area contributed by atoms with Crippen molar-refractivity contribution < 1.29 is 4.74 Å².